The fraction of sp³-hybridized carbons (Fsp3) is 0.0500. The maximum absolute atomic E-state index is 11.2. The Labute approximate surface area is 156 Å². The number of hydrogen-bond donors (Lipinski definition) is 2. The van der Waals surface area contributed by atoms with E-state index in [0.29, 0.717) is 10.7 Å². The van der Waals surface area contributed by atoms with Gasteiger partial charge < -0.3 is 10.6 Å². The molecule has 3 aromatic carbocycles. The summed E-state index contributed by atoms with van der Waals surface area (Å²) in [6, 6.07) is 22.0. The van der Waals surface area contributed by atoms with Crippen LogP contribution in [0.4, 0.5) is 17.1 Å². The van der Waals surface area contributed by atoms with Crippen LogP contribution in [0.15, 0.2) is 72.8 Å². The van der Waals surface area contributed by atoms with Crippen molar-refractivity contribution < 1.29 is 4.92 Å². The Morgan fingerprint density at radius 3 is 2.00 bits per heavy atom. The van der Waals surface area contributed by atoms with E-state index in [-0.39, 0.29) is 10.6 Å². The van der Waals surface area contributed by atoms with Crippen molar-refractivity contribution >= 4 is 34.4 Å². The number of nitrogens with zero attached hydrogens (tertiary/aromatic N) is 1. The monoisotopic (exact) mass is 363 g/mol. The fourth-order valence-corrected chi connectivity index (χ4v) is 2.78. The normalized spacial score (nSPS) is 10.2. The number of rotatable bonds is 4. The zero-order chi connectivity index (χ0) is 18.5. The van der Waals surface area contributed by atoms with Gasteiger partial charge in [0, 0.05) is 17.4 Å². The lowest BCUT2D eigenvalue weighted by Gasteiger charge is -2.11. The summed E-state index contributed by atoms with van der Waals surface area (Å²) in [5, 5.41) is 17.9. The van der Waals surface area contributed by atoms with Crippen LogP contribution in [0.5, 0.6) is 0 Å². The van der Waals surface area contributed by atoms with Crippen LogP contribution in [0, 0.1) is 17.0 Å². The first-order chi connectivity index (χ1) is 12.5. The van der Waals surface area contributed by atoms with Crippen molar-refractivity contribution in [2.45, 2.75) is 6.92 Å². The summed E-state index contributed by atoms with van der Waals surface area (Å²) in [5.41, 5.74) is 4.34. The first-order valence-corrected chi connectivity index (χ1v) is 8.42. The molecule has 0 spiro atoms. The molecular formula is C20H17N3O2S. The number of hydrogen-bond acceptors (Lipinski definition) is 3. The van der Waals surface area contributed by atoms with E-state index in [2.05, 4.69) is 10.6 Å². The van der Waals surface area contributed by atoms with Crippen LogP contribution in [-0.4, -0.2) is 10.0 Å². The average Bonchev–Trinajstić information content (AvgIpc) is 2.64. The van der Waals surface area contributed by atoms with E-state index in [1.807, 2.05) is 55.5 Å². The van der Waals surface area contributed by atoms with E-state index in [0.717, 1.165) is 16.9 Å². The van der Waals surface area contributed by atoms with Crippen molar-refractivity contribution in [1.82, 2.24) is 0 Å². The Kier molecular flexibility index (Phi) is 5.24. The second-order valence-electron chi connectivity index (χ2n) is 5.80. The van der Waals surface area contributed by atoms with Gasteiger partial charge in [-0.2, -0.15) is 0 Å². The lowest BCUT2D eigenvalue weighted by Crippen LogP contribution is -2.18. The molecule has 26 heavy (non-hydrogen) atoms. The molecule has 0 aliphatic rings. The Hall–Kier alpha value is -3.25. The first-order valence-electron chi connectivity index (χ1n) is 8.01. The standard InChI is InChI=1S/C20H17N3O2S/c1-14-6-10-16(11-7-14)21-20(26)22-17-12-8-15(9-13-17)18-4-2-3-5-19(18)23(24)25/h2-13H,1H3,(H2,21,22,26). The molecule has 0 aliphatic carbocycles. The second-order valence-corrected chi connectivity index (χ2v) is 6.21. The predicted octanol–water partition coefficient (Wildman–Crippen LogP) is 5.38. The van der Waals surface area contributed by atoms with Gasteiger partial charge in [0.25, 0.3) is 5.69 Å². The second kappa shape index (κ2) is 7.76. The third-order valence-electron chi connectivity index (χ3n) is 3.86. The summed E-state index contributed by atoms with van der Waals surface area (Å²) in [4.78, 5) is 10.8. The number of thiocarbonyl (C=S) groups is 1. The highest BCUT2D eigenvalue weighted by atomic mass is 32.1. The van der Waals surface area contributed by atoms with Crippen LogP contribution in [-0.2, 0) is 0 Å². The van der Waals surface area contributed by atoms with Crippen LogP contribution in [0.1, 0.15) is 5.56 Å². The number of anilines is 2. The zero-order valence-electron chi connectivity index (χ0n) is 14.1. The summed E-state index contributed by atoms with van der Waals surface area (Å²) < 4.78 is 0. The van der Waals surface area contributed by atoms with E-state index in [4.69, 9.17) is 12.2 Å². The number of nitro benzene ring substituents is 1. The summed E-state index contributed by atoms with van der Waals surface area (Å²) >= 11 is 5.32. The van der Waals surface area contributed by atoms with E-state index in [1.165, 1.54) is 11.6 Å². The molecule has 0 saturated heterocycles. The third-order valence-corrected chi connectivity index (χ3v) is 4.07. The third kappa shape index (κ3) is 4.23. The van der Waals surface area contributed by atoms with Crippen molar-refractivity contribution in [3.8, 4) is 11.1 Å². The van der Waals surface area contributed by atoms with Gasteiger partial charge in [-0.1, -0.05) is 42.0 Å². The molecule has 130 valence electrons. The molecule has 2 N–H and O–H groups in total. The van der Waals surface area contributed by atoms with Gasteiger partial charge in [-0.25, -0.2) is 0 Å². The Morgan fingerprint density at radius 1 is 0.885 bits per heavy atom. The van der Waals surface area contributed by atoms with Crippen LogP contribution in [0.3, 0.4) is 0 Å². The summed E-state index contributed by atoms with van der Waals surface area (Å²) in [5.74, 6) is 0. The zero-order valence-corrected chi connectivity index (χ0v) is 14.9. The Balaban J connectivity index is 1.71. The highest BCUT2D eigenvalue weighted by Crippen LogP contribution is 2.30. The minimum Gasteiger partial charge on any atom is -0.332 e. The maximum atomic E-state index is 11.2. The number of aryl methyl sites for hydroxylation is 1. The number of nitrogens with one attached hydrogen (secondary N) is 2. The molecule has 0 heterocycles. The minimum atomic E-state index is -0.373. The average molecular weight is 363 g/mol. The van der Waals surface area contributed by atoms with Gasteiger partial charge in [-0.3, -0.25) is 10.1 Å². The summed E-state index contributed by atoms with van der Waals surface area (Å²) in [7, 11) is 0. The maximum Gasteiger partial charge on any atom is 0.277 e. The Morgan fingerprint density at radius 2 is 1.42 bits per heavy atom. The van der Waals surface area contributed by atoms with Gasteiger partial charge in [0.1, 0.15) is 0 Å². The van der Waals surface area contributed by atoms with E-state index < -0.39 is 0 Å². The van der Waals surface area contributed by atoms with Gasteiger partial charge in [-0.15, -0.1) is 0 Å². The molecule has 0 radical (unpaired) electrons. The molecule has 0 amide bonds. The molecular weight excluding hydrogens is 346 g/mol. The largest absolute Gasteiger partial charge is 0.332 e. The van der Waals surface area contributed by atoms with Crippen LogP contribution >= 0.6 is 12.2 Å². The lowest BCUT2D eigenvalue weighted by molar-refractivity contribution is -0.384. The molecule has 3 rings (SSSR count). The van der Waals surface area contributed by atoms with Crippen molar-refractivity contribution in [3.05, 3.63) is 88.5 Å². The van der Waals surface area contributed by atoms with Gasteiger partial charge in [0.2, 0.25) is 0 Å². The highest BCUT2D eigenvalue weighted by molar-refractivity contribution is 7.80. The van der Waals surface area contributed by atoms with Crippen molar-refractivity contribution in [2.24, 2.45) is 0 Å². The highest BCUT2D eigenvalue weighted by Gasteiger charge is 2.13. The SMILES string of the molecule is Cc1ccc(NC(=S)Nc2ccc(-c3ccccc3[N+](=O)[O-])cc2)cc1. The smallest absolute Gasteiger partial charge is 0.277 e. The van der Waals surface area contributed by atoms with Crippen molar-refractivity contribution in [1.29, 1.82) is 0 Å². The van der Waals surface area contributed by atoms with Gasteiger partial charge in [-0.05, 0) is 55.0 Å². The molecule has 0 aromatic heterocycles. The number of para-hydroxylation sites is 1. The van der Waals surface area contributed by atoms with Crippen molar-refractivity contribution in [2.75, 3.05) is 10.6 Å². The topological polar surface area (TPSA) is 67.2 Å². The molecule has 3 aromatic rings. The molecule has 0 saturated carbocycles. The predicted molar refractivity (Wildman–Crippen MR) is 110 cm³/mol. The molecule has 0 unspecified atom stereocenters. The Bertz CT molecular complexity index is 938. The molecule has 5 nitrogen and oxygen atoms in total. The van der Waals surface area contributed by atoms with E-state index in [1.54, 1.807) is 18.2 Å². The molecule has 0 atom stereocenters. The molecule has 6 heteroatoms. The van der Waals surface area contributed by atoms with Crippen LogP contribution < -0.4 is 10.6 Å². The van der Waals surface area contributed by atoms with E-state index >= 15 is 0 Å². The lowest BCUT2D eigenvalue weighted by atomic mass is 10.0. The first kappa shape index (κ1) is 17.6. The number of nitro groups is 1. The van der Waals surface area contributed by atoms with Crippen LogP contribution in [0.25, 0.3) is 11.1 Å². The summed E-state index contributed by atoms with van der Waals surface area (Å²) in [6.45, 7) is 2.03. The van der Waals surface area contributed by atoms with Gasteiger partial charge in [0.15, 0.2) is 5.11 Å². The fourth-order valence-electron chi connectivity index (χ4n) is 2.54. The van der Waals surface area contributed by atoms with E-state index in [9.17, 15) is 10.1 Å². The van der Waals surface area contributed by atoms with Gasteiger partial charge >= 0.3 is 0 Å². The van der Waals surface area contributed by atoms with Crippen molar-refractivity contribution in [3.63, 3.8) is 0 Å². The molecule has 0 fully saturated rings. The minimum absolute atomic E-state index is 0.0877. The number of benzene rings is 3. The summed E-state index contributed by atoms with van der Waals surface area (Å²) in [6.07, 6.45) is 0. The molecule has 0 bridgehead atoms. The van der Waals surface area contributed by atoms with Gasteiger partial charge in [0.05, 0.1) is 10.5 Å². The quantitative estimate of drug-likeness (QED) is 0.370. The molecule has 0 aliphatic heterocycles. The van der Waals surface area contributed by atoms with Crippen LogP contribution in [0.2, 0.25) is 0 Å².